The molecule has 0 amide bonds. The van der Waals surface area contributed by atoms with Gasteiger partial charge in [-0.1, -0.05) is 15.9 Å². The first-order valence-electron chi connectivity index (χ1n) is 7.13. The SMILES string of the molecule is Cc1cc(Nc2nc3c(cc2C#N)CCCC3)ccc1Br. The van der Waals surface area contributed by atoms with Gasteiger partial charge in [0.1, 0.15) is 11.9 Å². The van der Waals surface area contributed by atoms with Gasteiger partial charge >= 0.3 is 0 Å². The van der Waals surface area contributed by atoms with Crippen LogP contribution in [0.2, 0.25) is 0 Å². The van der Waals surface area contributed by atoms with E-state index in [1.54, 1.807) is 0 Å². The van der Waals surface area contributed by atoms with Crippen LogP contribution in [0.3, 0.4) is 0 Å². The molecule has 1 aromatic heterocycles. The molecule has 0 spiro atoms. The Balaban J connectivity index is 1.97. The molecule has 1 aliphatic rings. The summed E-state index contributed by atoms with van der Waals surface area (Å²) in [4.78, 5) is 4.69. The molecule has 3 nitrogen and oxygen atoms in total. The number of anilines is 2. The summed E-state index contributed by atoms with van der Waals surface area (Å²) in [5.74, 6) is 0.667. The number of nitrogens with zero attached hydrogens (tertiary/aromatic N) is 2. The van der Waals surface area contributed by atoms with Crippen molar-refractivity contribution < 1.29 is 0 Å². The Morgan fingerprint density at radius 1 is 1.24 bits per heavy atom. The summed E-state index contributed by atoms with van der Waals surface area (Å²) in [6, 6.07) is 10.3. The number of aryl methyl sites for hydroxylation is 3. The number of halogens is 1. The molecule has 0 saturated heterocycles. The van der Waals surface area contributed by atoms with Gasteiger partial charge in [-0.3, -0.25) is 0 Å². The number of hydrogen-bond donors (Lipinski definition) is 1. The molecule has 0 atom stereocenters. The van der Waals surface area contributed by atoms with Crippen LogP contribution in [-0.4, -0.2) is 4.98 Å². The molecule has 3 rings (SSSR count). The van der Waals surface area contributed by atoms with Gasteiger partial charge in [0.2, 0.25) is 0 Å². The molecule has 0 fully saturated rings. The third-order valence-electron chi connectivity index (χ3n) is 3.84. The number of nitrogens with one attached hydrogen (secondary N) is 1. The van der Waals surface area contributed by atoms with E-state index in [9.17, 15) is 5.26 Å². The molecule has 0 saturated carbocycles. The average Bonchev–Trinajstić information content (AvgIpc) is 2.50. The lowest BCUT2D eigenvalue weighted by Crippen LogP contribution is -2.09. The van der Waals surface area contributed by atoms with Crippen molar-refractivity contribution in [1.29, 1.82) is 5.26 Å². The Morgan fingerprint density at radius 3 is 2.81 bits per heavy atom. The summed E-state index contributed by atoms with van der Waals surface area (Å²) in [7, 11) is 0. The average molecular weight is 342 g/mol. The Bertz CT molecular complexity index is 732. The van der Waals surface area contributed by atoms with Gasteiger partial charge in [0.25, 0.3) is 0 Å². The second-order valence-electron chi connectivity index (χ2n) is 5.40. The van der Waals surface area contributed by atoms with Gasteiger partial charge in [-0.2, -0.15) is 5.26 Å². The zero-order valence-corrected chi connectivity index (χ0v) is 13.5. The van der Waals surface area contributed by atoms with Gasteiger partial charge in [-0.05, 0) is 68.0 Å². The largest absolute Gasteiger partial charge is 0.339 e. The Morgan fingerprint density at radius 2 is 2.05 bits per heavy atom. The Kier molecular flexibility index (Phi) is 3.94. The van der Waals surface area contributed by atoms with Gasteiger partial charge in [0.15, 0.2) is 0 Å². The third-order valence-corrected chi connectivity index (χ3v) is 4.73. The molecule has 106 valence electrons. The maximum absolute atomic E-state index is 9.36. The van der Waals surface area contributed by atoms with Crippen LogP contribution in [0.4, 0.5) is 11.5 Å². The van der Waals surface area contributed by atoms with E-state index in [-0.39, 0.29) is 0 Å². The summed E-state index contributed by atoms with van der Waals surface area (Å²) >= 11 is 3.50. The van der Waals surface area contributed by atoms with Crippen LogP contribution < -0.4 is 5.32 Å². The predicted octanol–water partition coefficient (Wildman–Crippen LogP) is 4.65. The quantitative estimate of drug-likeness (QED) is 0.864. The molecule has 2 aromatic rings. The predicted molar refractivity (Wildman–Crippen MR) is 87.8 cm³/mol. The summed E-state index contributed by atoms with van der Waals surface area (Å²) in [5, 5.41) is 12.6. The molecule has 0 aliphatic heterocycles. The number of hydrogen-bond acceptors (Lipinski definition) is 3. The fourth-order valence-corrected chi connectivity index (χ4v) is 2.92. The zero-order chi connectivity index (χ0) is 14.8. The summed E-state index contributed by atoms with van der Waals surface area (Å²) in [6.45, 7) is 2.04. The molecule has 1 heterocycles. The van der Waals surface area contributed by atoms with Gasteiger partial charge in [-0.25, -0.2) is 4.98 Å². The molecule has 0 bridgehead atoms. The maximum atomic E-state index is 9.36. The van der Waals surface area contributed by atoms with Crippen molar-refractivity contribution >= 4 is 27.4 Å². The lowest BCUT2D eigenvalue weighted by molar-refractivity contribution is 0.668. The van der Waals surface area contributed by atoms with Gasteiger partial charge in [0.05, 0.1) is 5.56 Å². The molecule has 4 heteroatoms. The van der Waals surface area contributed by atoms with E-state index in [4.69, 9.17) is 0 Å². The number of benzene rings is 1. The minimum Gasteiger partial charge on any atom is -0.339 e. The highest BCUT2D eigenvalue weighted by Crippen LogP contribution is 2.27. The molecular formula is C17H16BrN3. The highest BCUT2D eigenvalue weighted by molar-refractivity contribution is 9.10. The topological polar surface area (TPSA) is 48.7 Å². The maximum Gasteiger partial charge on any atom is 0.148 e. The van der Waals surface area contributed by atoms with Crippen LogP contribution in [0.15, 0.2) is 28.7 Å². The molecular weight excluding hydrogens is 326 g/mol. The van der Waals surface area contributed by atoms with E-state index < -0.39 is 0 Å². The minimum absolute atomic E-state index is 0.622. The van der Waals surface area contributed by atoms with Crippen molar-refractivity contribution in [3.05, 3.63) is 51.1 Å². The number of aromatic nitrogens is 1. The highest BCUT2D eigenvalue weighted by Gasteiger charge is 2.15. The number of rotatable bonds is 2. The summed E-state index contributed by atoms with van der Waals surface area (Å²) in [6.07, 6.45) is 4.42. The Labute approximate surface area is 133 Å². The molecule has 0 radical (unpaired) electrons. The van der Waals surface area contributed by atoms with Gasteiger partial charge in [0, 0.05) is 15.9 Å². The third kappa shape index (κ3) is 2.93. The first-order valence-corrected chi connectivity index (χ1v) is 7.93. The van der Waals surface area contributed by atoms with E-state index in [1.165, 1.54) is 18.4 Å². The second kappa shape index (κ2) is 5.87. The van der Waals surface area contributed by atoms with Crippen molar-refractivity contribution in [2.24, 2.45) is 0 Å². The van der Waals surface area contributed by atoms with Crippen LogP contribution in [-0.2, 0) is 12.8 Å². The van der Waals surface area contributed by atoms with Crippen molar-refractivity contribution in [1.82, 2.24) is 4.98 Å². The first-order chi connectivity index (χ1) is 10.2. The van der Waals surface area contributed by atoms with E-state index in [1.807, 2.05) is 31.2 Å². The van der Waals surface area contributed by atoms with Crippen molar-refractivity contribution in [3.63, 3.8) is 0 Å². The fraction of sp³-hybridized carbons (Fsp3) is 0.294. The first kappa shape index (κ1) is 14.1. The van der Waals surface area contributed by atoms with E-state index in [2.05, 4.69) is 32.3 Å². The number of nitriles is 1. The summed E-state index contributed by atoms with van der Waals surface area (Å²) in [5.41, 5.74) is 5.09. The van der Waals surface area contributed by atoms with Crippen LogP contribution in [0.5, 0.6) is 0 Å². The lowest BCUT2D eigenvalue weighted by Gasteiger charge is -2.17. The van der Waals surface area contributed by atoms with Crippen LogP contribution >= 0.6 is 15.9 Å². The zero-order valence-electron chi connectivity index (χ0n) is 11.9. The fourth-order valence-electron chi connectivity index (χ4n) is 2.67. The number of fused-ring (bicyclic) bond motifs is 1. The van der Waals surface area contributed by atoms with Crippen LogP contribution in [0.1, 0.15) is 35.2 Å². The van der Waals surface area contributed by atoms with Gasteiger partial charge < -0.3 is 5.32 Å². The van der Waals surface area contributed by atoms with E-state index in [0.29, 0.717) is 11.4 Å². The van der Waals surface area contributed by atoms with Crippen molar-refractivity contribution in [3.8, 4) is 6.07 Å². The summed E-state index contributed by atoms with van der Waals surface area (Å²) < 4.78 is 1.08. The van der Waals surface area contributed by atoms with E-state index in [0.717, 1.165) is 34.3 Å². The molecule has 1 aromatic carbocycles. The second-order valence-corrected chi connectivity index (χ2v) is 6.25. The lowest BCUT2D eigenvalue weighted by atomic mass is 9.95. The minimum atomic E-state index is 0.622. The number of pyridine rings is 1. The highest BCUT2D eigenvalue weighted by atomic mass is 79.9. The van der Waals surface area contributed by atoms with Crippen molar-refractivity contribution in [2.45, 2.75) is 32.6 Å². The van der Waals surface area contributed by atoms with Gasteiger partial charge in [-0.15, -0.1) is 0 Å². The van der Waals surface area contributed by atoms with Crippen LogP contribution in [0, 0.1) is 18.3 Å². The normalized spacial score (nSPS) is 13.4. The smallest absolute Gasteiger partial charge is 0.148 e. The Hall–Kier alpha value is -1.86. The van der Waals surface area contributed by atoms with E-state index >= 15 is 0 Å². The van der Waals surface area contributed by atoms with Crippen molar-refractivity contribution in [2.75, 3.05) is 5.32 Å². The molecule has 1 N–H and O–H groups in total. The monoisotopic (exact) mass is 341 g/mol. The molecule has 0 unspecified atom stereocenters. The molecule has 1 aliphatic carbocycles. The van der Waals surface area contributed by atoms with Crippen LogP contribution in [0.25, 0.3) is 0 Å². The molecule has 21 heavy (non-hydrogen) atoms. The standard InChI is InChI=1S/C17H16BrN3/c1-11-8-14(6-7-15(11)18)20-17-13(10-19)9-12-4-2-3-5-16(12)21-17/h6-9H,2-5H2,1H3,(H,20,21).